The molecule has 30 valence electrons. The predicted molar refractivity (Wildman–Crippen MR) is 18.0 cm³/mol. The smallest absolute Gasteiger partial charge is 0.230 e. The van der Waals surface area contributed by atoms with E-state index in [4.69, 9.17) is 4.11 Å². The fourth-order valence-electron chi connectivity index (χ4n) is 0. The average molecular weight is 77.1 g/mol. The van der Waals surface area contributed by atoms with Crippen LogP contribution in [0.2, 0.25) is 0 Å². The molecular weight excluding hydrogens is 68.0 g/mol. The number of amides is 1. The van der Waals surface area contributed by atoms with Crippen LogP contribution in [0.15, 0.2) is 0 Å². The summed E-state index contributed by atoms with van der Waals surface area (Å²) >= 11 is 0. The Bertz CT molecular complexity index is 97.9. The van der Waals surface area contributed by atoms with E-state index in [9.17, 15) is 4.79 Å². The predicted octanol–water partition coefficient (Wildman–Crippen LogP) is -1.00. The summed E-state index contributed by atoms with van der Waals surface area (Å²) in [5, 5.41) is 0. The summed E-state index contributed by atoms with van der Waals surface area (Å²) in [6, 6.07) is 0. The van der Waals surface area contributed by atoms with E-state index in [0.717, 1.165) is 0 Å². The molecule has 0 aliphatic heterocycles. The summed E-state index contributed by atoms with van der Waals surface area (Å²) in [7, 11) is 0. The van der Waals surface area contributed by atoms with Crippen LogP contribution in [0.3, 0.4) is 0 Å². The highest BCUT2D eigenvalue weighted by molar-refractivity contribution is 5.71. The number of carbonyl (C=O) groups is 1. The van der Waals surface area contributed by atoms with Gasteiger partial charge >= 0.3 is 0 Å². The SMILES string of the molecule is [2H]C([2H])([2H])C(=O)NN. The van der Waals surface area contributed by atoms with Crippen molar-refractivity contribution in [3.05, 3.63) is 0 Å². The van der Waals surface area contributed by atoms with Crippen LogP contribution in [0.1, 0.15) is 11.0 Å². The molecular formula is C2H6N2O. The van der Waals surface area contributed by atoms with Crippen molar-refractivity contribution >= 4 is 5.91 Å². The fourth-order valence-corrected chi connectivity index (χ4v) is 0. The first kappa shape index (κ1) is 1.26. The normalized spacial score (nSPS) is 18.2. The van der Waals surface area contributed by atoms with Crippen LogP contribution in [-0.2, 0) is 4.79 Å². The van der Waals surface area contributed by atoms with Gasteiger partial charge in [-0.2, -0.15) is 0 Å². The van der Waals surface area contributed by atoms with Crippen LogP contribution in [0, 0.1) is 0 Å². The molecule has 0 saturated heterocycles. The van der Waals surface area contributed by atoms with Crippen LogP contribution < -0.4 is 11.3 Å². The van der Waals surface area contributed by atoms with Crippen molar-refractivity contribution in [2.75, 3.05) is 0 Å². The maximum atomic E-state index is 10.0. The summed E-state index contributed by atoms with van der Waals surface area (Å²) in [6.45, 7) is -2.62. The first-order valence-corrected chi connectivity index (χ1v) is 0.993. The number of rotatable bonds is 0. The van der Waals surface area contributed by atoms with Crippen molar-refractivity contribution in [1.82, 2.24) is 5.43 Å². The van der Waals surface area contributed by atoms with Gasteiger partial charge in [-0.3, -0.25) is 10.2 Å². The van der Waals surface area contributed by atoms with Gasteiger partial charge in [-0.05, 0) is 0 Å². The summed E-state index contributed by atoms with van der Waals surface area (Å²) in [5.74, 6) is 3.36. The average Bonchev–Trinajstić information content (AvgIpc) is 1.62. The quantitative estimate of drug-likeness (QED) is 0.221. The number of hydrogen-bond acceptors (Lipinski definition) is 2. The van der Waals surface area contributed by atoms with Crippen LogP contribution >= 0.6 is 0 Å². The summed E-state index contributed by atoms with van der Waals surface area (Å²) < 4.78 is 19.1. The number of hydrogen-bond donors (Lipinski definition) is 2. The molecule has 0 aliphatic rings. The standard InChI is InChI=1S/C2H6N2O/c1-2(5)4-3/h3H2,1H3,(H,4,5)/i1D3. The Morgan fingerprint density at radius 2 is 3.00 bits per heavy atom. The number of nitrogens with two attached hydrogens (primary N) is 1. The highest BCUT2D eigenvalue weighted by Crippen LogP contribution is 1.41. The van der Waals surface area contributed by atoms with Gasteiger partial charge in [0.05, 0.1) is 0 Å². The minimum absolute atomic E-state index is 1.14. The molecule has 0 saturated carbocycles. The van der Waals surface area contributed by atoms with E-state index in [2.05, 4.69) is 5.84 Å². The van der Waals surface area contributed by atoms with E-state index in [-0.39, 0.29) is 0 Å². The van der Waals surface area contributed by atoms with Crippen LogP contribution in [0.4, 0.5) is 0 Å². The van der Waals surface area contributed by atoms with E-state index < -0.39 is 12.8 Å². The van der Waals surface area contributed by atoms with E-state index in [0.29, 0.717) is 0 Å². The minimum Gasteiger partial charge on any atom is -0.295 e. The Morgan fingerprint density at radius 3 is 3.00 bits per heavy atom. The second kappa shape index (κ2) is 1.72. The van der Waals surface area contributed by atoms with Crippen LogP contribution in [-0.4, -0.2) is 5.91 Å². The first-order chi connectivity index (χ1) is 3.48. The number of hydrazine groups is 1. The number of carbonyl (C=O) groups excluding carboxylic acids is 1. The third-order valence-corrected chi connectivity index (χ3v) is 0.131. The van der Waals surface area contributed by atoms with Crippen molar-refractivity contribution in [2.24, 2.45) is 5.84 Å². The molecule has 0 aromatic rings. The molecule has 3 nitrogen and oxygen atoms in total. The van der Waals surface area contributed by atoms with Gasteiger partial charge in [0.15, 0.2) is 0 Å². The molecule has 0 aromatic carbocycles. The number of nitrogens with one attached hydrogen (secondary N) is 1. The molecule has 0 spiro atoms. The van der Waals surface area contributed by atoms with Crippen molar-refractivity contribution in [3.63, 3.8) is 0 Å². The highest BCUT2D eigenvalue weighted by Gasteiger charge is 1.73. The summed E-state index contributed by atoms with van der Waals surface area (Å²) in [6.07, 6.45) is 0. The molecule has 0 unspecified atom stereocenters. The lowest BCUT2D eigenvalue weighted by molar-refractivity contribution is -0.119. The lowest BCUT2D eigenvalue weighted by Gasteiger charge is -1.80. The monoisotopic (exact) mass is 77.1 g/mol. The molecule has 0 fully saturated rings. The zero-order valence-corrected chi connectivity index (χ0v) is 2.49. The van der Waals surface area contributed by atoms with Gasteiger partial charge in [0, 0.05) is 11.0 Å². The Labute approximate surface area is 34.3 Å². The lowest BCUT2D eigenvalue weighted by atomic mass is 10.8. The molecule has 0 radical (unpaired) electrons. The molecule has 0 atom stereocenters. The third-order valence-electron chi connectivity index (χ3n) is 0.131. The molecule has 3 N–H and O–H groups in total. The van der Waals surface area contributed by atoms with E-state index in [1.54, 1.807) is 0 Å². The van der Waals surface area contributed by atoms with E-state index >= 15 is 0 Å². The van der Waals surface area contributed by atoms with Gasteiger partial charge < -0.3 is 0 Å². The second-order valence-electron chi connectivity index (χ2n) is 0.473. The molecule has 0 rings (SSSR count). The third kappa shape index (κ3) is 3.43. The minimum atomic E-state index is -2.62. The first-order valence-electron chi connectivity index (χ1n) is 2.49. The molecule has 0 bridgehead atoms. The molecule has 5 heavy (non-hydrogen) atoms. The molecule has 0 aromatic heterocycles. The molecule has 0 aliphatic carbocycles. The Balaban J connectivity index is 3.82. The maximum absolute atomic E-state index is 10.0. The summed E-state index contributed by atoms with van der Waals surface area (Å²) in [4.78, 5) is 10.0. The van der Waals surface area contributed by atoms with Gasteiger partial charge in [0.25, 0.3) is 0 Å². The van der Waals surface area contributed by atoms with Crippen molar-refractivity contribution < 1.29 is 8.91 Å². The Hall–Kier alpha value is -0.570. The van der Waals surface area contributed by atoms with Gasteiger partial charge in [0.2, 0.25) is 5.91 Å². The lowest BCUT2D eigenvalue weighted by Crippen LogP contribution is -2.26. The molecule has 0 heterocycles. The second-order valence-corrected chi connectivity index (χ2v) is 0.473. The van der Waals surface area contributed by atoms with Crippen LogP contribution in [0.5, 0.6) is 0 Å². The molecule has 3 heteroatoms. The zero-order chi connectivity index (χ0) is 6.78. The van der Waals surface area contributed by atoms with Gasteiger partial charge in [-0.25, -0.2) is 5.84 Å². The van der Waals surface area contributed by atoms with Crippen molar-refractivity contribution in [1.29, 1.82) is 0 Å². The Morgan fingerprint density at radius 1 is 2.40 bits per heavy atom. The topological polar surface area (TPSA) is 55.1 Å². The summed E-state index contributed by atoms with van der Waals surface area (Å²) in [5.41, 5.74) is 1.50. The van der Waals surface area contributed by atoms with E-state index in [1.165, 1.54) is 5.43 Å². The highest BCUT2D eigenvalue weighted by atomic mass is 16.2. The van der Waals surface area contributed by atoms with Crippen LogP contribution in [0.25, 0.3) is 0 Å². The Kier molecular flexibility index (Phi) is 0.434. The fraction of sp³-hybridized carbons (Fsp3) is 0.500. The maximum Gasteiger partial charge on any atom is 0.230 e. The van der Waals surface area contributed by atoms with Gasteiger partial charge in [-0.1, -0.05) is 0 Å². The van der Waals surface area contributed by atoms with Gasteiger partial charge in [-0.15, -0.1) is 0 Å². The van der Waals surface area contributed by atoms with Crippen molar-refractivity contribution in [3.8, 4) is 0 Å². The molecule has 1 amide bonds. The van der Waals surface area contributed by atoms with Crippen molar-refractivity contribution in [2.45, 2.75) is 6.85 Å². The van der Waals surface area contributed by atoms with Gasteiger partial charge in [0.1, 0.15) is 0 Å². The van der Waals surface area contributed by atoms with E-state index in [1.807, 2.05) is 0 Å². The zero-order valence-electron chi connectivity index (χ0n) is 5.49. The largest absolute Gasteiger partial charge is 0.295 e.